The highest BCUT2D eigenvalue weighted by atomic mass is 79.9. The summed E-state index contributed by atoms with van der Waals surface area (Å²) in [6.45, 7) is 7.69. The van der Waals surface area contributed by atoms with Crippen LogP contribution in [0.1, 0.15) is 36.4 Å². The van der Waals surface area contributed by atoms with Crippen molar-refractivity contribution in [2.24, 2.45) is 0 Å². The zero-order valence-corrected chi connectivity index (χ0v) is 18.8. The predicted molar refractivity (Wildman–Crippen MR) is 120 cm³/mol. The van der Waals surface area contributed by atoms with Gasteiger partial charge in [0.05, 0.1) is 23.2 Å². The Labute approximate surface area is 182 Å². The van der Waals surface area contributed by atoms with Crippen LogP contribution in [0.2, 0.25) is 0 Å². The van der Waals surface area contributed by atoms with Gasteiger partial charge in [0, 0.05) is 28.6 Å². The van der Waals surface area contributed by atoms with Gasteiger partial charge in [0.15, 0.2) is 0 Å². The van der Waals surface area contributed by atoms with Crippen molar-refractivity contribution in [1.29, 1.82) is 0 Å². The number of aromatic nitrogens is 2. The number of benzene rings is 2. The lowest BCUT2D eigenvalue weighted by molar-refractivity contribution is -0.137. The molecule has 0 atom stereocenters. The average molecular weight is 473 g/mol. The van der Waals surface area contributed by atoms with Crippen LogP contribution in [0.5, 0.6) is 0 Å². The molecule has 0 aliphatic rings. The number of nitrogens with zero attached hydrogens (tertiary/aromatic N) is 2. The van der Waals surface area contributed by atoms with Crippen LogP contribution in [-0.2, 0) is 16.0 Å². The molecule has 5 nitrogen and oxygen atoms in total. The minimum absolute atomic E-state index is 0.119. The topological polar surface area (TPSA) is 61.2 Å². The van der Waals surface area contributed by atoms with Crippen molar-refractivity contribution in [1.82, 2.24) is 9.55 Å². The summed E-state index contributed by atoms with van der Waals surface area (Å²) < 4.78 is 21.9. The zero-order valence-electron chi connectivity index (χ0n) is 17.3. The fourth-order valence-electron chi connectivity index (χ4n) is 3.24. The predicted octanol–water partition coefficient (Wildman–Crippen LogP) is 5.04. The number of halogens is 2. The molecule has 3 rings (SSSR count). The summed E-state index contributed by atoms with van der Waals surface area (Å²) in [5.74, 6) is -0.591. The normalized spacial score (nSPS) is 11.4. The number of hydrogen-bond acceptors (Lipinski definition) is 4. The summed E-state index contributed by atoms with van der Waals surface area (Å²) in [4.78, 5) is 29.5. The lowest BCUT2D eigenvalue weighted by Crippen LogP contribution is -2.24. The number of aryl methyl sites for hydroxylation is 3. The average Bonchev–Trinajstić information content (AvgIpc) is 2.70. The van der Waals surface area contributed by atoms with Gasteiger partial charge in [0.25, 0.3) is 5.56 Å². The molecule has 0 aliphatic carbocycles. The fraction of sp³-hybridized carbons (Fsp3) is 0.261. The van der Waals surface area contributed by atoms with Crippen LogP contribution >= 0.6 is 15.9 Å². The van der Waals surface area contributed by atoms with E-state index in [9.17, 15) is 14.0 Å². The van der Waals surface area contributed by atoms with Gasteiger partial charge in [-0.2, -0.15) is 0 Å². The van der Waals surface area contributed by atoms with Crippen molar-refractivity contribution < 1.29 is 13.9 Å². The van der Waals surface area contributed by atoms with Crippen LogP contribution in [0.25, 0.3) is 22.7 Å². The third-order valence-electron chi connectivity index (χ3n) is 4.78. The second-order valence-electron chi connectivity index (χ2n) is 6.89. The third kappa shape index (κ3) is 4.21. The molecule has 0 saturated carbocycles. The van der Waals surface area contributed by atoms with E-state index in [2.05, 4.69) is 20.9 Å². The Morgan fingerprint density at radius 3 is 2.60 bits per heavy atom. The molecular formula is C23H22BrFN2O3. The number of carbonyl (C=O) groups excluding carboxylic acids is 1. The van der Waals surface area contributed by atoms with Gasteiger partial charge in [-0.3, -0.25) is 9.36 Å². The standard InChI is InChI=1S/C23H22BrFN2O3/c1-5-21-26-19-12-18(25)15(7-8-22(28)30-6-2)11-16(19)23(29)27(21)20-10-13(3)17(24)9-14(20)4/h7-12H,5-6H2,1-4H3/b8-7+. The van der Waals surface area contributed by atoms with E-state index in [0.29, 0.717) is 12.2 Å². The van der Waals surface area contributed by atoms with Crippen molar-refractivity contribution >= 4 is 38.9 Å². The highest BCUT2D eigenvalue weighted by Crippen LogP contribution is 2.25. The van der Waals surface area contributed by atoms with Gasteiger partial charge in [0.1, 0.15) is 11.6 Å². The highest BCUT2D eigenvalue weighted by Gasteiger charge is 2.16. The van der Waals surface area contributed by atoms with Crippen molar-refractivity contribution in [2.75, 3.05) is 6.61 Å². The number of carbonyl (C=O) groups is 1. The monoisotopic (exact) mass is 472 g/mol. The summed E-state index contributed by atoms with van der Waals surface area (Å²) in [5.41, 5.74) is 2.75. The quantitative estimate of drug-likeness (QED) is 0.385. The molecule has 0 fully saturated rings. The third-order valence-corrected chi connectivity index (χ3v) is 5.63. The number of hydrogen-bond donors (Lipinski definition) is 0. The molecule has 0 radical (unpaired) electrons. The number of esters is 1. The van der Waals surface area contributed by atoms with E-state index >= 15 is 0 Å². The van der Waals surface area contributed by atoms with Gasteiger partial charge < -0.3 is 4.74 Å². The zero-order chi connectivity index (χ0) is 22.0. The number of ether oxygens (including phenoxy) is 1. The van der Waals surface area contributed by atoms with Gasteiger partial charge in [-0.05, 0) is 56.2 Å². The Morgan fingerprint density at radius 1 is 1.20 bits per heavy atom. The Morgan fingerprint density at radius 2 is 1.93 bits per heavy atom. The van der Waals surface area contributed by atoms with E-state index in [1.165, 1.54) is 18.2 Å². The summed E-state index contributed by atoms with van der Waals surface area (Å²) in [6, 6.07) is 6.54. The smallest absolute Gasteiger partial charge is 0.330 e. The lowest BCUT2D eigenvalue weighted by atomic mass is 10.1. The van der Waals surface area contributed by atoms with Gasteiger partial charge in [-0.1, -0.05) is 22.9 Å². The molecule has 1 aromatic heterocycles. The maximum atomic E-state index is 14.6. The molecule has 0 spiro atoms. The first-order valence-electron chi connectivity index (χ1n) is 9.63. The van der Waals surface area contributed by atoms with Gasteiger partial charge >= 0.3 is 5.97 Å². The highest BCUT2D eigenvalue weighted by molar-refractivity contribution is 9.10. The molecule has 0 amide bonds. The lowest BCUT2D eigenvalue weighted by Gasteiger charge is -2.16. The molecule has 1 heterocycles. The molecule has 0 unspecified atom stereocenters. The van der Waals surface area contributed by atoms with Crippen LogP contribution in [0.3, 0.4) is 0 Å². The molecule has 7 heteroatoms. The molecule has 0 bridgehead atoms. The molecule has 0 N–H and O–H groups in total. The summed E-state index contributed by atoms with van der Waals surface area (Å²) in [7, 11) is 0. The second kappa shape index (κ2) is 8.92. The minimum atomic E-state index is -0.574. The van der Waals surface area contributed by atoms with Crippen LogP contribution in [0.15, 0.2) is 39.6 Å². The molecule has 156 valence electrons. The second-order valence-corrected chi connectivity index (χ2v) is 7.74. The number of rotatable bonds is 5. The molecular weight excluding hydrogens is 451 g/mol. The van der Waals surface area contributed by atoms with E-state index in [-0.39, 0.29) is 28.6 Å². The van der Waals surface area contributed by atoms with Crippen molar-refractivity contribution in [2.45, 2.75) is 34.1 Å². The molecule has 0 aliphatic heterocycles. The Bertz CT molecular complexity index is 1230. The van der Waals surface area contributed by atoms with E-state index in [4.69, 9.17) is 4.74 Å². The maximum absolute atomic E-state index is 14.6. The van der Waals surface area contributed by atoms with Gasteiger partial charge in [-0.25, -0.2) is 14.2 Å². The fourth-order valence-corrected chi connectivity index (χ4v) is 3.70. The van der Waals surface area contributed by atoms with Crippen molar-refractivity contribution in [3.05, 3.63) is 73.5 Å². The largest absolute Gasteiger partial charge is 0.463 e. The van der Waals surface area contributed by atoms with Crippen molar-refractivity contribution in [3.8, 4) is 5.69 Å². The maximum Gasteiger partial charge on any atom is 0.330 e. The van der Waals surface area contributed by atoms with E-state index in [0.717, 1.165) is 27.4 Å². The SMILES string of the molecule is CCOC(=O)/C=C/c1cc2c(=O)n(-c3cc(C)c(Br)cc3C)c(CC)nc2cc1F. The molecule has 2 aromatic carbocycles. The van der Waals surface area contributed by atoms with Crippen molar-refractivity contribution in [3.63, 3.8) is 0 Å². The van der Waals surface area contributed by atoms with Gasteiger partial charge in [-0.15, -0.1) is 0 Å². The Balaban J connectivity index is 2.26. The van der Waals surface area contributed by atoms with E-state index in [1.54, 1.807) is 11.5 Å². The molecule has 3 aromatic rings. The molecule has 0 saturated heterocycles. The minimum Gasteiger partial charge on any atom is -0.463 e. The summed E-state index contributed by atoms with van der Waals surface area (Å²) in [6.07, 6.45) is 2.95. The first-order valence-corrected chi connectivity index (χ1v) is 10.4. The first-order chi connectivity index (χ1) is 14.3. The first kappa shape index (κ1) is 21.9. The summed E-state index contributed by atoms with van der Waals surface area (Å²) in [5, 5.41) is 0.275. The van der Waals surface area contributed by atoms with Crippen LogP contribution in [0, 0.1) is 19.7 Å². The Kier molecular flexibility index (Phi) is 6.51. The molecule has 30 heavy (non-hydrogen) atoms. The van der Waals surface area contributed by atoms with E-state index < -0.39 is 11.8 Å². The van der Waals surface area contributed by atoms with Crippen LogP contribution in [0.4, 0.5) is 4.39 Å². The summed E-state index contributed by atoms with van der Waals surface area (Å²) >= 11 is 3.51. The van der Waals surface area contributed by atoms with Gasteiger partial charge in [0.2, 0.25) is 0 Å². The number of fused-ring (bicyclic) bond motifs is 1. The van der Waals surface area contributed by atoms with Crippen LogP contribution < -0.4 is 5.56 Å². The van der Waals surface area contributed by atoms with Crippen LogP contribution in [-0.4, -0.2) is 22.1 Å². The Hall–Kier alpha value is -2.80. The van der Waals surface area contributed by atoms with E-state index in [1.807, 2.05) is 32.9 Å².